The fourth-order valence-electron chi connectivity index (χ4n) is 3.81. The van der Waals surface area contributed by atoms with Gasteiger partial charge in [0.1, 0.15) is 11.7 Å². The van der Waals surface area contributed by atoms with E-state index in [0.29, 0.717) is 5.56 Å². The fraction of sp³-hybridized carbons (Fsp3) is 0.440. The number of ether oxygens (including phenoxy) is 1. The van der Waals surface area contributed by atoms with Gasteiger partial charge in [0.2, 0.25) is 5.91 Å². The van der Waals surface area contributed by atoms with Crippen molar-refractivity contribution in [2.24, 2.45) is 0 Å². The number of nitrogens with one attached hydrogen (secondary N) is 1. The van der Waals surface area contributed by atoms with E-state index >= 15 is 0 Å². The smallest absolute Gasteiger partial charge is 0.409 e. The number of amides is 3. The van der Waals surface area contributed by atoms with E-state index in [1.165, 1.54) is 22.8 Å². The number of hydrogen-bond acceptors (Lipinski definition) is 8. The van der Waals surface area contributed by atoms with E-state index in [1.807, 2.05) is 6.07 Å². The molecule has 2 aromatic rings. The quantitative estimate of drug-likeness (QED) is 0.450. The van der Waals surface area contributed by atoms with Crippen LogP contribution in [-0.2, 0) is 14.3 Å². The molecule has 1 saturated heterocycles. The molecule has 2 heterocycles. The maximum absolute atomic E-state index is 13.3. The number of piperazine rings is 1. The van der Waals surface area contributed by atoms with Gasteiger partial charge >= 0.3 is 12.1 Å². The lowest BCUT2D eigenvalue weighted by Crippen LogP contribution is -2.56. The second kappa shape index (κ2) is 12.8. The summed E-state index contributed by atoms with van der Waals surface area (Å²) in [5.74, 6) is -2.03. The molecule has 1 aliphatic heterocycles. The van der Waals surface area contributed by atoms with Gasteiger partial charge in [0, 0.05) is 38.2 Å². The summed E-state index contributed by atoms with van der Waals surface area (Å²) in [6.45, 7) is 4.41. The predicted octanol–water partition coefficient (Wildman–Crippen LogP) is 1.46. The molecule has 2 unspecified atom stereocenters. The molecule has 0 saturated carbocycles. The van der Waals surface area contributed by atoms with E-state index in [9.17, 15) is 24.3 Å². The number of aliphatic carboxylic acids is 1. The van der Waals surface area contributed by atoms with Crippen molar-refractivity contribution in [3.63, 3.8) is 0 Å². The van der Waals surface area contributed by atoms with Crippen molar-refractivity contribution in [2.45, 2.75) is 38.8 Å². The van der Waals surface area contributed by atoms with Crippen molar-refractivity contribution in [3.8, 4) is 11.4 Å². The summed E-state index contributed by atoms with van der Waals surface area (Å²) < 4.78 is 4.99. The van der Waals surface area contributed by atoms with Crippen LogP contribution in [0.25, 0.3) is 11.4 Å². The van der Waals surface area contributed by atoms with Gasteiger partial charge in [0.15, 0.2) is 5.82 Å². The Morgan fingerprint density at radius 3 is 2.30 bits per heavy atom. The van der Waals surface area contributed by atoms with Gasteiger partial charge in [-0.25, -0.2) is 14.8 Å². The summed E-state index contributed by atoms with van der Waals surface area (Å²) in [7, 11) is 0. The van der Waals surface area contributed by atoms with Crippen molar-refractivity contribution in [1.82, 2.24) is 25.1 Å². The lowest BCUT2D eigenvalue weighted by molar-refractivity contribution is -0.138. The molecule has 0 spiro atoms. The molecule has 198 valence electrons. The third kappa shape index (κ3) is 7.46. The van der Waals surface area contributed by atoms with Gasteiger partial charge in [-0.1, -0.05) is 30.3 Å². The molecular formula is C25H31N5O7. The predicted molar refractivity (Wildman–Crippen MR) is 131 cm³/mol. The highest BCUT2D eigenvalue weighted by molar-refractivity contribution is 5.96. The Bertz CT molecular complexity index is 1120. The average molecular weight is 514 g/mol. The first-order valence-corrected chi connectivity index (χ1v) is 12.0. The van der Waals surface area contributed by atoms with Crippen LogP contribution < -0.4 is 5.32 Å². The Balaban J connectivity index is 1.79. The van der Waals surface area contributed by atoms with Gasteiger partial charge in [-0.2, -0.15) is 0 Å². The zero-order chi connectivity index (χ0) is 26.9. The van der Waals surface area contributed by atoms with Crippen LogP contribution in [0.4, 0.5) is 4.79 Å². The van der Waals surface area contributed by atoms with Crippen molar-refractivity contribution in [3.05, 3.63) is 47.8 Å². The van der Waals surface area contributed by atoms with Crippen LogP contribution in [-0.4, -0.2) is 92.7 Å². The monoisotopic (exact) mass is 513 g/mol. The molecule has 0 aliphatic carbocycles. The van der Waals surface area contributed by atoms with E-state index in [1.54, 1.807) is 31.2 Å². The Hall–Kier alpha value is -4.06. The Labute approximate surface area is 214 Å². The van der Waals surface area contributed by atoms with Gasteiger partial charge in [0.25, 0.3) is 5.91 Å². The minimum atomic E-state index is -1.12. The zero-order valence-electron chi connectivity index (χ0n) is 20.8. The number of aromatic nitrogens is 2. The molecule has 37 heavy (non-hydrogen) atoms. The second-order valence-electron chi connectivity index (χ2n) is 8.51. The first-order valence-electron chi connectivity index (χ1n) is 12.0. The third-order valence-corrected chi connectivity index (χ3v) is 5.81. The average Bonchev–Trinajstić information content (AvgIpc) is 2.90. The molecule has 1 aromatic heterocycles. The summed E-state index contributed by atoms with van der Waals surface area (Å²) in [6, 6.07) is 9.13. The summed E-state index contributed by atoms with van der Waals surface area (Å²) >= 11 is 0. The number of aliphatic hydroxyl groups excluding tert-OH is 1. The standard InChI is InChI=1S/C25H31N5O7/c1-3-37-25(36)30-13-11-29(12-14-30)24(35)18(9-10-21(32)33)28-23(34)20-15-19(16(2)31)26-22(27-20)17-7-5-4-6-8-17/h4-8,15-16,18,31H,3,9-14H2,1-2H3,(H,28,34)(H,32,33). The highest BCUT2D eigenvalue weighted by Gasteiger charge is 2.31. The fourth-order valence-corrected chi connectivity index (χ4v) is 3.81. The molecule has 1 aromatic carbocycles. The van der Waals surface area contributed by atoms with Crippen molar-refractivity contribution in [2.75, 3.05) is 32.8 Å². The van der Waals surface area contributed by atoms with Gasteiger partial charge in [-0.05, 0) is 26.3 Å². The van der Waals surface area contributed by atoms with Gasteiger partial charge < -0.3 is 30.1 Å². The number of hydrogen-bond donors (Lipinski definition) is 3. The molecule has 0 radical (unpaired) electrons. The van der Waals surface area contributed by atoms with E-state index in [0.717, 1.165) is 0 Å². The Kier molecular flexibility index (Phi) is 9.50. The highest BCUT2D eigenvalue weighted by atomic mass is 16.6. The zero-order valence-corrected chi connectivity index (χ0v) is 20.8. The molecule has 3 N–H and O–H groups in total. The van der Waals surface area contributed by atoms with Crippen LogP contribution in [0.2, 0.25) is 0 Å². The Morgan fingerprint density at radius 2 is 1.70 bits per heavy atom. The van der Waals surface area contributed by atoms with E-state index in [4.69, 9.17) is 9.84 Å². The molecule has 2 atom stereocenters. The maximum atomic E-state index is 13.3. The number of rotatable bonds is 9. The maximum Gasteiger partial charge on any atom is 0.409 e. The van der Waals surface area contributed by atoms with Crippen LogP contribution in [0, 0.1) is 0 Å². The minimum Gasteiger partial charge on any atom is -0.481 e. The van der Waals surface area contributed by atoms with Gasteiger partial charge in [-0.3, -0.25) is 14.4 Å². The molecular weight excluding hydrogens is 482 g/mol. The number of carboxylic acids is 1. The molecule has 3 amide bonds. The number of nitrogens with zero attached hydrogens (tertiary/aromatic N) is 4. The third-order valence-electron chi connectivity index (χ3n) is 5.81. The van der Waals surface area contributed by atoms with Crippen LogP contribution in [0.3, 0.4) is 0 Å². The van der Waals surface area contributed by atoms with Crippen LogP contribution in [0.1, 0.15) is 49.0 Å². The number of carbonyl (C=O) groups excluding carboxylic acids is 3. The number of carbonyl (C=O) groups is 4. The van der Waals surface area contributed by atoms with E-state index < -0.39 is 36.0 Å². The number of aliphatic hydroxyl groups is 1. The highest BCUT2D eigenvalue weighted by Crippen LogP contribution is 2.19. The van der Waals surface area contributed by atoms with Crippen LogP contribution in [0.5, 0.6) is 0 Å². The van der Waals surface area contributed by atoms with Crippen molar-refractivity contribution < 1.29 is 34.1 Å². The SMILES string of the molecule is CCOC(=O)N1CCN(C(=O)C(CCC(=O)O)NC(=O)c2cc(C(C)O)nc(-c3ccccc3)n2)CC1. The molecule has 12 heteroatoms. The molecule has 0 bridgehead atoms. The van der Waals surface area contributed by atoms with Gasteiger partial charge in [0.05, 0.1) is 18.4 Å². The van der Waals surface area contributed by atoms with Crippen LogP contribution >= 0.6 is 0 Å². The number of carboxylic acid groups (broad SMARTS) is 1. The summed E-state index contributed by atoms with van der Waals surface area (Å²) in [5.41, 5.74) is 0.796. The lowest BCUT2D eigenvalue weighted by atomic mass is 10.1. The van der Waals surface area contributed by atoms with E-state index in [2.05, 4.69) is 15.3 Å². The summed E-state index contributed by atoms with van der Waals surface area (Å²) in [5, 5.41) is 21.9. The topological polar surface area (TPSA) is 162 Å². The largest absolute Gasteiger partial charge is 0.481 e. The molecule has 1 aliphatic rings. The molecule has 3 rings (SSSR count). The lowest BCUT2D eigenvalue weighted by Gasteiger charge is -2.35. The molecule has 12 nitrogen and oxygen atoms in total. The van der Waals surface area contributed by atoms with Crippen molar-refractivity contribution in [1.29, 1.82) is 0 Å². The normalized spacial score (nSPS) is 15.0. The number of benzene rings is 1. The first-order chi connectivity index (χ1) is 17.7. The second-order valence-corrected chi connectivity index (χ2v) is 8.51. The summed E-state index contributed by atoms with van der Waals surface area (Å²) in [6.07, 6.45) is -1.90. The van der Waals surface area contributed by atoms with Crippen LogP contribution in [0.15, 0.2) is 36.4 Å². The molecule has 1 fully saturated rings. The minimum absolute atomic E-state index is 0.0648. The van der Waals surface area contributed by atoms with Gasteiger partial charge in [-0.15, -0.1) is 0 Å². The Morgan fingerprint density at radius 1 is 1.05 bits per heavy atom. The summed E-state index contributed by atoms with van der Waals surface area (Å²) in [4.78, 5) is 61.2. The first kappa shape index (κ1) is 27.5. The van der Waals surface area contributed by atoms with Crippen molar-refractivity contribution >= 4 is 23.9 Å². The van der Waals surface area contributed by atoms with E-state index in [-0.39, 0.29) is 62.8 Å².